The lowest BCUT2D eigenvalue weighted by molar-refractivity contribution is -0.134. The van der Waals surface area contributed by atoms with Gasteiger partial charge < -0.3 is 19.4 Å². The molecule has 4 rings (SSSR count). The number of hydrogen-bond donors (Lipinski definition) is 0. The molecule has 3 heterocycles. The maximum Gasteiger partial charge on any atom is 0.227 e. The molecule has 1 aromatic heterocycles. The number of carbonyl (C=O) groups excluding carboxylic acids is 2. The number of amides is 2. The molecule has 2 aromatic rings. The maximum absolute atomic E-state index is 12.7. The van der Waals surface area contributed by atoms with Gasteiger partial charge in [0.1, 0.15) is 5.75 Å². The van der Waals surface area contributed by atoms with Crippen molar-refractivity contribution in [3.63, 3.8) is 0 Å². The lowest BCUT2D eigenvalue weighted by Crippen LogP contribution is -2.51. The third kappa shape index (κ3) is 6.19. The molecule has 0 saturated carbocycles. The zero-order valence-electron chi connectivity index (χ0n) is 19.2. The molecule has 0 spiro atoms. The van der Waals surface area contributed by atoms with Crippen LogP contribution in [0.5, 0.6) is 5.75 Å². The Hall–Kier alpha value is -3.20. The van der Waals surface area contributed by atoms with Gasteiger partial charge in [0.15, 0.2) is 0 Å². The fourth-order valence-corrected chi connectivity index (χ4v) is 4.31. The van der Waals surface area contributed by atoms with Crippen LogP contribution in [-0.2, 0) is 16.0 Å². The van der Waals surface area contributed by atoms with Crippen LogP contribution in [0.25, 0.3) is 0 Å². The van der Waals surface area contributed by atoms with E-state index in [1.807, 2.05) is 34.1 Å². The predicted molar refractivity (Wildman–Crippen MR) is 125 cm³/mol. The number of methoxy groups -OCH3 is 1. The van der Waals surface area contributed by atoms with Gasteiger partial charge in [-0.15, -0.1) is 0 Å². The second-order valence-corrected chi connectivity index (χ2v) is 8.42. The van der Waals surface area contributed by atoms with Gasteiger partial charge in [-0.05, 0) is 23.8 Å². The zero-order chi connectivity index (χ0) is 23.0. The molecule has 0 aliphatic carbocycles. The molecule has 0 bridgehead atoms. The summed E-state index contributed by atoms with van der Waals surface area (Å²) in [5, 5.41) is 0. The third-order valence-corrected chi connectivity index (χ3v) is 6.32. The number of ether oxygens (including phenoxy) is 1. The van der Waals surface area contributed by atoms with E-state index in [9.17, 15) is 9.59 Å². The van der Waals surface area contributed by atoms with Crippen molar-refractivity contribution in [1.82, 2.24) is 24.7 Å². The van der Waals surface area contributed by atoms with E-state index in [4.69, 9.17) is 4.74 Å². The van der Waals surface area contributed by atoms with E-state index in [1.54, 1.807) is 25.6 Å². The molecule has 1 aromatic carbocycles. The number of piperazine rings is 2. The Morgan fingerprint density at radius 2 is 1.55 bits per heavy atom. The number of hydrogen-bond acceptors (Lipinski definition) is 7. The van der Waals surface area contributed by atoms with Gasteiger partial charge in [-0.2, -0.15) is 0 Å². The van der Waals surface area contributed by atoms with Crippen LogP contribution < -0.4 is 9.64 Å². The molecule has 33 heavy (non-hydrogen) atoms. The highest BCUT2D eigenvalue weighted by Crippen LogP contribution is 2.15. The number of benzene rings is 1. The standard InChI is InChI=1S/C24H32N6O3/c1-33-21-5-2-4-20(18-21)19-23(32)29-12-10-27(11-13-29)9-6-22(31)28-14-16-30(17-15-28)24-25-7-3-8-26-24/h2-5,7-8,18H,6,9-17,19H2,1H3. The summed E-state index contributed by atoms with van der Waals surface area (Å²) in [6, 6.07) is 9.46. The second-order valence-electron chi connectivity index (χ2n) is 8.42. The van der Waals surface area contributed by atoms with E-state index in [2.05, 4.69) is 19.8 Å². The Morgan fingerprint density at radius 1 is 0.879 bits per heavy atom. The first kappa shape index (κ1) is 23.0. The van der Waals surface area contributed by atoms with Gasteiger partial charge in [0.2, 0.25) is 17.8 Å². The number of nitrogens with zero attached hydrogens (tertiary/aromatic N) is 6. The molecule has 2 aliphatic heterocycles. The predicted octanol–water partition coefficient (Wildman–Crippen LogP) is 0.911. The Bertz CT molecular complexity index is 925. The molecular formula is C24H32N6O3. The summed E-state index contributed by atoms with van der Waals surface area (Å²) >= 11 is 0. The van der Waals surface area contributed by atoms with Crippen LogP contribution in [0, 0.1) is 0 Å². The third-order valence-electron chi connectivity index (χ3n) is 6.32. The smallest absolute Gasteiger partial charge is 0.227 e. The van der Waals surface area contributed by atoms with E-state index in [0.717, 1.165) is 50.0 Å². The molecule has 2 aliphatic rings. The highest BCUT2D eigenvalue weighted by Gasteiger charge is 2.25. The van der Waals surface area contributed by atoms with E-state index >= 15 is 0 Å². The van der Waals surface area contributed by atoms with E-state index < -0.39 is 0 Å². The number of anilines is 1. The Balaban J connectivity index is 1.15. The van der Waals surface area contributed by atoms with Crippen LogP contribution in [0.2, 0.25) is 0 Å². The van der Waals surface area contributed by atoms with Crippen LogP contribution in [0.15, 0.2) is 42.7 Å². The molecule has 9 heteroatoms. The summed E-state index contributed by atoms with van der Waals surface area (Å²) in [4.78, 5) is 42.2. The van der Waals surface area contributed by atoms with E-state index in [-0.39, 0.29) is 11.8 Å². The van der Waals surface area contributed by atoms with Gasteiger partial charge in [-0.3, -0.25) is 14.5 Å². The van der Waals surface area contributed by atoms with Crippen LogP contribution >= 0.6 is 0 Å². The molecule has 2 amide bonds. The number of aromatic nitrogens is 2. The van der Waals surface area contributed by atoms with Gasteiger partial charge >= 0.3 is 0 Å². The summed E-state index contributed by atoms with van der Waals surface area (Å²) in [5.74, 6) is 1.83. The Labute approximate surface area is 195 Å². The Morgan fingerprint density at radius 3 is 2.24 bits per heavy atom. The van der Waals surface area contributed by atoms with E-state index in [0.29, 0.717) is 39.0 Å². The topological polar surface area (TPSA) is 82.1 Å². The molecule has 0 atom stereocenters. The monoisotopic (exact) mass is 452 g/mol. The fourth-order valence-electron chi connectivity index (χ4n) is 4.31. The average Bonchev–Trinajstić information content (AvgIpc) is 2.88. The summed E-state index contributed by atoms with van der Waals surface area (Å²) in [6.45, 7) is 6.64. The van der Waals surface area contributed by atoms with Crippen molar-refractivity contribution >= 4 is 17.8 Å². The van der Waals surface area contributed by atoms with Crippen molar-refractivity contribution in [1.29, 1.82) is 0 Å². The molecule has 2 saturated heterocycles. The van der Waals surface area contributed by atoms with Crippen LogP contribution in [0.3, 0.4) is 0 Å². The zero-order valence-corrected chi connectivity index (χ0v) is 19.2. The van der Waals surface area contributed by atoms with Crippen molar-refractivity contribution in [3.05, 3.63) is 48.3 Å². The lowest BCUT2D eigenvalue weighted by Gasteiger charge is -2.36. The fraction of sp³-hybridized carbons (Fsp3) is 0.500. The Kier molecular flexibility index (Phi) is 7.72. The van der Waals surface area contributed by atoms with Crippen molar-refractivity contribution in [3.8, 4) is 5.75 Å². The first-order chi connectivity index (χ1) is 16.1. The summed E-state index contributed by atoms with van der Waals surface area (Å²) in [6.07, 6.45) is 4.38. The lowest BCUT2D eigenvalue weighted by atomic mass is 10.1. The van der Waals surface area contributed by atoms with Gasteiger partial charge in [0.25, 0.3) is 0 Å². The van der Waals surface area contributed by atoms with Crippen molar-refractivity contribution in [2.75, 3.05) is 70.9 Å². The van der Waals surface area contributed by atoms with Crippen LogP contribution in [0.4, 0.5) is 5.95 Å². The molecule has 0 N–H and O–H groups in total. The van der Waals surface area contributed by atoms with Crippen LogP contribution in [0.1, 0.15) is 12.0 Å². The SMILES string of the molecule is COc1cccc(CC(=O)N2CCN(CCC(=O)N3CCN(c4ncccn4)CC3)CC2)c1. The van der Waals surface area contributed by atoms with Gasteiger partial charge in [-0.25, -0.2) is 9.97 Å². The summed E-state index contributed by atoms with van der Waals surface area (Å²) < 4.78 is 5.24. The molecule has 0 radical (unpaired) electrons. The van der Waals surface area contributed by atoms with Crippen molar-refractivity contribution in [2.45, 2.75) is 12.8 Å². The normalized spacial score (nSPS) is 17.2. The minimum Gasteiger partial charge on any atom is -0.497 e. The first-order valence-corrected chi connectivity index (χ1v) is 11.5. The largest absolute Gasteiger partial charge is 0.497 e. The van der Waals surface area contributed by atoms with Gasteiger partial charge in [-0.1, -0.05) is 12.1 Å². The second kappa shape index (κ2) is 11.1. The van der Waals surface area contributed by atoms with Crippen molar-refractivity contribution < 1.29 is 14.3 Å². The minimum absolute atomic E-state index is 0.138. The quantitative estimate of drug-likeness (QED) is 0.618. The molecule has 176 valence electrons. The average molecular weight is 453 g/mol. The minimum atomic E-state index is 0.138. The maximum atomic E-state index is 12.7. The van der Waals surface area contributed by atoms with Gasteiger partial charge in [0, 0.05) is 77.7 Å². The number of rotatable bonds is 7. The first-order valence-electron chi connectivity index (χ1n) is 11.5. The highest BCUT2D eigenvalue weighted by molar-refractivity contribution is 5.79. The molecule has 0 unspecified atom stereocenters. The molecule has 2 fully saturated rings. The van der Waals surface area contributed by atoms with Crippen LogP contribution in [-0.4, -0.2) is 102 Å². The molecular weight excluding hydrogens is 420 g/mol. The summed E-state index contributed by atoms with van der Waals surface area (Å²) in [7, 11) is 1.63. The van der Waals surface area contributed by atoms with Crippen molar-refractivity contribution in [2.24, 2.45) is 0 Å². The van der Waals surface area contributed by atoms with Gasteiger partial charge in [0.05, 0.1) is 13.5 Å². The highest BCUT2D eigenvalue weighted by atomic mass is 16.5. The summed E-state index contributed by atoms with van der Waals surface area (Å²) in [5.41, 5.74) is 0.964. The van der Waals surface area contributed by atoms with E-state index in [1.165, 1.54) is 0 Å². The molecule has 9 nitrogen and oxygen atoms in total. The number of carbonyl (C=O) groups is 2.